The first kappa shape index (κ1) is 14.7. The van der Waals surface area contributed by atoms with Gasteiger partial charge in [0.1, 0.15) is 0 Å². The van der Waals surface area contributed by atoms with Crippen LogP contribution in [0.1, 0.15) is 22.8 Å². The number of methoxy groups -OCH3 is 1. The summed E-state index contributed by atoms with van der Waals surface area (Å²) < 4.78 is 9.16. The Kier molecular flexibility index (Phi) is 5.05. The van der Waals surface area contributed by atoms with Crippen LogP contribution in [-0.2, 0) is 19.1 Å². The molecule has 1 aromatic carbocycles. The molecule has 0 fully saturated rings. The fourth-order valence-corrected chi connectivity index (χ4v) is 1.44. The van der Waals surface area contributed by atoms with Crippen molar-refractivity contribution in [1.82, 2.24) is 0 Å². The predicted molar refractivity (Wildman–Crippen MR) is 67.8 cm³/mol. The van der Waals surface area contributed by atoms with Gasteiger partial charge in [0, 0.05) is 6.92 Å². The van der Waals surface area contributed by atoms with E-state index in [0.717, 1.165) is 5.56 Å². The molecule has 6 heteroatoms. The van der Waals surface area contributed by atoms with Crippen molar-refractivity contribution in [3.63, 3.8) is 0 Å². The van der Waals surface area contributed by atoms with E-state index in [9.17, 15) is 14.4 Å². The van der Waals surface area contributed by atoms with Gasteiger partial charge in [-0.1, -0.05) is 12.1 Å². The van der Waals surface area contributed by atoms with Crippen LogP contribution in [0.15, 0.2) is 18.2 Å². The number of para-hydroxylation sites is 1. The molecule has 0 heterocycles. The molecule has 0 aliphatic rings. The number of benzene rings is 1. The highest BCUT2D eigenvalue weighted by Gasteiger charge is 2.16. The molecule has 0 spiro atoms. The quantitative estimate of drug-likeness (QED) is 0.829. The molecule has 1 amide bonds. The molecule has 1 aromatic rings. The minimum absolute atomic E-state index is 0.194. The van der Waals surface area contributed by atoms with Gasteiger partial charge in [-0.15, -0.1) is 0 Å². The molecule has 0 unspecified atom stereocenters. The second-order valence-corrected chi connectivity index (χ2v) is 3.83. The molecule has 0 bridgehead atoms. The number of esters is 2. The van der Waals surface area contributed by atoms with Gasteiger partial charge < -0.3 is 14.8 Å². The fraction of sp³-hybridized carbons (Fsp3) is 0.308. The highest BCUT2D eigenvalue weighted by atomic mass is 16.6. The van der Waals surface area contributed by atoms with E-state index in [4.69, 9.17) is 4.74 Å². The van der Waals surface area contributed by atoms with Crippen molar-refractivity contribution in [2.75, 3.05) is 19.0 Å². The van der Waals surface area contributed by atoms with Gasteiger partial charge in [0.05, 0.1) is 18.4 Å². The Balaban J connectivity index is 2.92. The number of aryl methyl sites for hydroxylation is 1. The molecule has 0 aliphatic heterocycles. The molecule has 6 nitrogen and oxygen atoms in total. The molecule has 1 N–H and O–H groups in total. The average molecular weight is 265 g/mol. The molecule has 19 heavy (non-hydrogen) atoms. The zero-order valence-electron chi connectivity index (χ0n) is 11.0. The molecular formula is C13H15NO5. The zero-order valence-corrected chi connectivity index (χ0v) is 11.0. The number of nitrogens with one attached hydrogen (secondary N) is 1. The molecule has 0 saturated carbocycles. The van der Waals surface area contributed by atoms with Crippen molar-refractivity contribution < 1.29 is 23.9 Å². The second kappa shape index (κ2) is 6.53. The van der Waals surface area contributed by atoms with Gasteiger partial charge >= 0.3 is 11.9 Å². The fourth-order valence-electron chi connectivity index (χ4n) is 1.44. The van der Waals surface area contributed by atoms with E-state index in [-0.39, 0.29) is 11.5 Å². The molecule has 0 aliphatic carbocycles. The summed E-state index contributed by atoms with van der Waals surface area (Å²) in [5.41, 5.74) is 1.30. The first-order valence-electron chi connectivity index (χ1n) is 5.57. The Morgan fingerprint density at radius 2 is 1.95 bits per heavy atom. The van der Waals surface area contributed by atoms with Gasteiger partial charge in [0.2, 0.25) is 5.91 Å². The summed E-state index contributed by atoms with van der Waals surface area (Å²) in [6.07, 6.45) is 0. The summed E-state index contributed by atoms with van der Waals surface area (Å²) in [6, 6.07) is 4.93. The zero-order chi connectivity index (χ0) is 14.4. The molecule has 102 valence electrons. The van der Waals surface area contributed by atoms with E-state index in [2.05, 4.69) is 10.1 Å². The van der Waals surface area contributed by atoms with Crippen molar-refractivity contribution in [2.45, 2.75) is 13.8 Å². The number of rotatable bonds is 4. The van der Waals surface area contributed by atoms with E-state index in [1.807, 2.05) is 0 Å². The van der Waals surface area contributed by atoms with Gasteiger partial charge in [-0.3, -0.25) is 4.79 Å². The smallest absolute Gasteiger partial charge is 0.344 e. The van der Waals surface area contributed by atoms with E-state index >= 15 is 0 Å². The normalized spacial score (nSPS) is 9.63. The summed E-state index contributed by atoms with van der Waals surface area (Å²) in [6.45, 7) is 2.63. The molecule has 0 radical (unpaired) electrons. The molecule has 0 atom stereocenters. The minimum Gasteiger partial charge on any atom is -0.466 e. The monoisotopic (exact) mass is 265 g/mol. The molecular weight excluding hydrogens is 250 g/mol. The van der Waals surface area contributed by atoms with Crippen LogP contribution in [-0.4, -0.2) is 31.6 Å². The van der Waals surface area contributed by atoms with Crippen LogP contribution >= 0.6 is 0 Å². The van der Waals surface area contributed by atoms with Crippen molar-refractivity contribution >= 4 is 23.5 Å². The van der Waals surface area contributed by atoms with E-state index < -0.39 is 18.5 Å². The Morgan fingerprint density at radius 1 is 1.26 bits per heavy atom. The van der Waals surface area contributed by atoms with Crippen LogP contribution in [0.5, 0.6) is 0 Å². The number of hydrogen-bond donors (Lipinski definition) is 1. The van der Waals surface area contributed by atoms with Gasteiger partial charge in [-0.05, 0) is 18.6 Å². The third-order valence-electron chi connectivity index (χ3n) is 2.34. The largest absolute Gasteiger partial charge is 0.466 e. The number of anilines is 1. The summed E-state index contributed by atoms with van der Waals surface area (Å²) >= 11 is 0. The minimum atomic E-state index is -0.696. The van der Waals surface area contributed by atoms with Crippen molar-refractivity contribution in [1.29, 1.82) is 0 Å². The Hall–Kier alpha value is -2.37. The molecule has 0 saturated heterocycles. The van der Waals surface area contributed by atoms with Crippen molar-refractivity contribution in [3.05, 3.63) is 29.3 Å². The number of amides is 1. The van der Waals surface area contributed by atoms with Gasteiger partial charge in [-0.25, -0.2) is 9.59 Å². The summed E-state index contributed by atoms with van der Waals surface area (Å²) in [7, 11) is 1.20. The highest BCUT2D eigenvalue weighted by Crippen LogP contribution is 2.21. The molecule has 1 rings (SSSR count). The lowest BCUT2D eigenvalue weighted by Gasteiger charge is -2.12. The number of ether oxygens (including phenoxy) is 2. The topological polar surface area (TPSA) is 81.7 Å². The van der Waals surface area contributed by atoms with E-state index in [0.29, 0.717) is 5.69 Å². The number of carbonyl (C=O) groups is 3. The van der Waals surface area contributed by atoms with Gasteiger partial charge in [-0.2, -0.15) is 0 Å². The third-order valence-corrected chi connectivity index (χ3v) is 2.34. The van der Waals surface area contributed by atoms with E-state index in [1.54, 1.807) is 19.1 Å². The lowest BCUT2D eigenvalue weighted by molar-refractivity contribution is -0.144. The van der Waals surface area contributed by atoms with Crippen LogP contribution in [0.4, 0.5) is 5.69 Å². The maximum Gasteiger partial charge on any atom is 0.344 e. The van der Waals surface area contributed by atoms with Gasteiger partial charge in [0.15, 0.2) is 6.61 Å². The number of carbonyl (C=O) groups excluding carboxylic acids is 3. The second-order valence-electron chi connectivity index (χ2n) is 3.83. The standard InChI is InChI=1S/C13H15NO5/c1-8-5-4-6-10(12(8)14-9(2)15)13(17)19-7-11(16)18-3/h4-6H,7H2,1-3H3,(H,14,15). The van der Waals surface area contributed by atoms with Crippen LogP contribution in [0.25, 0.3) is 0 Å². The first-order chi connectivity index (χ1) is 8.95. The lowest BCUT2D eigenvalue weighted by Crippen LogP contribution is -2.18. The number of hydrogen-bond acceptors (Lipinski definition) is 5. The Morgan fingerprint density at radius 3 is 2.53 bits per heavy atom. The van der Waals surface area contributed by atoms with Gasteiger partial charge in [0.25, 0.3) is 0 Å². The summed E-state index contributed by atoms with van der Waals surface area (Å²) in [5.74, 6) is -1.64. The van der Waals surface area contributed by atoms with Crippen LogP contribution in [0.2, 0.25) is 0 Å². The average Bonchev–Trinajstić information content (AvgIpc) is 2.37. The predicted octanol–water partition coefficient (Wildman–Crippen LogP) is 1.28. The van der Waals surface area contributed by atoms with Crippen LogP contribution < -0.4 is 5.32 Å². The first-order valence-corrected chi connectivity index (χ1v) is 5.57. The summed E-state index contributed by atoms with van der Waals surface area (Å²) in [4.78, 5) is 33.9. The Labute approximate surface area is 110 Å². The van der Waals surface area contributed by atoms with E-state index in [1.165, 1.54) is 20.1 Å². The van der Waals surface area contributed by atoms with Crippen LogP contribution in [0, 0.1) is 6.92 Å². The van der Waals surface area contributed by atoms with Crippen molar-refractivity contribution in [3.8, 4) is 0 Å². The van der Waals surface area contributed by atoms with Crippen molar-refractivity contribution in [2.24, 2.45) is 0 Å². The highest BCUT2D eigenvalue weighted by molar-refractivity contribution is 6.02. The molecule has 0 aromatic heterocycles. The van der Waals surface area contributed by atoms with Crippen LogP contribution in [0.3, 0.4) is 0 Å². The maximum atomic E-state index is 11.8. The lowest BCUT2D eigenvalue weighted by atomic mass is 10.1. The summed E-state index contributed by atoms with van der Waals surface area (Å²) in [5, 5.41) is 2.57. The third kappa shape index (κ3) is 4.09. The Bertz CT molecular complexity index is 510. The SMILES string of the molecule is COC(=O)COC(=O)c1cccc(C)c1NC(C)=O. The maximum absolute atomic E-state index is 11.8.